The van der Waals surface area contributed by atoms with Crippen LogP contribution >= 0.6 is 11.6 Å². The third-order valence-corrected chi connectivity index (χ3v) is 5.34. The van der Waals surface area contributed by atoms with Gasteiger partial charge in [-0.25, -0.2) is 17.9 Å². The van der Waals surface area contributed by atoms with Crippen molar-refractivity contribution in [3.8, 4) is 16.9 Å². The van der Waals surface area contributed by atoms with Gasteiger partial charge in [-0.2, -0.15) is 0 Å². The maximum Gasteiger partial charge on any atom is 0.341 e. The Morgan fingerprint density at radius 2 is 1.92 bits per heavy atom. The summed E-state index contributed by atoms with van der Waals surface area (Å²) in [5.74, 6) is -0.793. The van der Waals surface area contributed by atoms with E-state index in [0.717, 1.165) is 5.56 Å². The molecule has 2 aromatic rings. The molecule has 0 bridgehead atoms. The Kier molecular flexibility index (Phi) is 6.63. The van der Waals surface area contributed by atoms with Crippen LogP contribution in [0.15, 0.2) is 41.3 Å². The highest BCUT2D eigenvalue weighted by Crippen LogP contribution is 2.35. The number of carboxylic acids is 1. The molecular weight excluding hydrogens is 378 g/mol. The SMILES string of the molecule is CCCNS(=O)(=O)c1ccc(C)c(-c2cc(Cl)ccc2OCC(=O)O)c1. The van der Waals surface area contributed by atoms with E-state index in [1.54, 1.807) is 24.3 Å². The second-order valence-corrected chi connectivity index (χ2v) is 7.90. The maximum atomic E-state index is 12.4. The zero-order valence-corrected chi connectivity index (χ0v) is 16.0. The normalized spacial score (nSPS) is 11.3. The van der Waals surface area contributed by atoms with Crippen LogP contribution in [-0.2, 0) is 14.8 Å². The molecule has 0 saturated carbocycles. The zero-order valence-electron chi connectivity index (χ0n) is 14.5. The molecule has 0 unspecified atom stereocenters. The second kappa shape index (κ2) is 8.53. The molecule has 0 spiro atoms. The highest BCUT2D eigenvalue weighted by Gasteiger charge is 2.17. The van der Waals surface area contributed by atoms with E-state index in [9.17, 15) is 13.2 Å². The standard InChI is InChI=1S/C18H20ClNO5S/c1-3-8-20-26(23,24)14-6-4-12(2)15(10-14)16-9-13(19)5-7-17(16)25-11-18(21)22/h4-7,9-10,20H,3,8,11H2,1-2H3,(H,21,22). The van der Waals surface area contributed by atoms with Crippen molar-refractivity contribution in [1.29, 1.82) is 0 Å². The number of hydrogen-bond donors (Lipinski definition) is 2. The molecule has 2 aromatic carbocycles. The second-order valence-electron chi connectivity index (χ2n) is 5.70. The van der Waals surface area contributed by atoms with Gasteiger partial charge in [-0.3, -0.25) is 0 Å². The van der Waals surface area contributed by atoms with Crippen LogP contribution in [0.5, 0.6) is 5.75 Å². The summed E-state index contributed by atoms with van der Waals surface area (Å²) >= 11 is 6.08. The van der Waals surface area contributed by atoms with E-state index in [-0.39, 0.29) is 4.90 Å². The first-order valence-corrected chi connectivity index (χ1v) is 9.85. The van der Waals surface area contributed by atoms with Gasteiger partial charge in [0.25, 0.3) is 0 Å². The van der Waals surface area contributed by atoms with E-state index >= 15 is 0 Å². The molecular formula is C18H20ClNO5S. The number of sulfonamides is 1. The lowest BCUT2D eigenvalue weighted by molar-refractivity contribution is -0.139. The monoisotopic (exact) mass is 397 g/mol. The molecule has 140 valence electrons. The largest absolute Gasteiger partial charge is 0.481 e. The summed E-state index contributed by atoms with van der Waals surface area (Å²) in [6.45, 7) is 3.54. The summed E-state index contributed by atoms with van der Waals surface area (Å²) in [5.41, 5.74) is 1.94. The Labute approximate surface area is 157 Å². The maximum absolute atomic E-state index is 12.4. The van der Waals surface area contributed by atoms with Crippen LogP contribution in [0.1, 0.15) is 18.9 Å². The Bertz CT molecular complexity index is 912. The van der Waals surface area contributed by atoms with Crippen LogP contribution in [0.25, 0.3) is 11.1 Å². The average molecular weight is 398 g/mol. The molecule has 2 N–H and O–H groups in total. The molecule has 0 aliphatic rings. The molecule has 0 radical (unpaired) electrons. The van der Waals surface area contributed by atoms with Crippen molar-refractivity contribution in [2.24, 2.45) is 0 Å². The van der Waals surface area contributed by atoms with Crippen LogP contribution in [0.3, 0.4) is 0 Å². The van der Waals surface area contributed by atoms with E-state index in [2.05, 4.69) is 4.72 Å². The van der Waals surface area contributed by atoms with Crippen molar-refractivity contribution in [3.05, 3.63) is 47.0 Å². The minimum Gasteiger partial charge on any atom is -0.481 e. The van der Waals surface area contributed by atoms with Crippen molar-refractivity contribution in [3.63, 3.8) is 0 Å². The number of hydrogen-bond acceptors (Lipinski definition) is 4. The lowest BCUT2D eigenvalue weighted by Gasteiger charge is -2.14. The number of carboxylic acid groups (broad SMARTS) is 1. The summed E-state index contributed by atoms with van der Waals surface area (Å²) in [4.78, 5) is 10.9. The van der Waals surface area contributed by atoms with Crippen molar-refractivity contribution in [1.82, 2.24) is 4.72 Å². The van der Waals surface area contributed by atoms with Crippen molar-refractivity contribution >= 4 is 27.6 Å². The molecule has 0 heterocycles. The summed E-state index contributed by atoms with van der Waals surface area (Å²) in [6, 6.07) is 9.53. The van der Waals surface area contributed by atoms with Gasteiger partial charge < -0.3 is 9.84 Å². The van der Waals surface area contributed by atoms with Gasteiger partial charge in [0, 0.05) is 17.1 Å². The fourth-order valence-electron chi connectivity index (χ4n) is 2.36. The molecule has 6 nitrogen and oxygen atoms in total. The Morgan fingerprint density at radius 1 is 1.19 bits per heavy atom. The van der Waals surface area contributed by atoms with Gasteiger partial charge in [0.1, 0.15) is 5.75 Å². The third-order valence-electron chi connectivity index (χ3n) is 3.64. The first-order chi connectivity index (χ1) is 12.2. The average Bonchev–Trinajstić information content (AvgIpc) is 2.59. The van der Waals surface area contributed by atoms with E-state index in [1.807, 2.05) is 13.8 Å². The molecule has 8 heteroatoms. The first-order valence-electron chi connectivity index (χ1n) is 7.99. The lowest BCUT2D eigenvalue weighted by atomic mass is 10.00. The third kappa shape index (κ3) is 4.97. The number of ether oxygens (including phenoxy) is 1. The number of benzene rings is 2. The molecule has 26 heavy (non-hydrogen) atoms. The number of aliphatic carboxylic acids is 1. The fraction of sp³-hybridized carbons (Fsp3) is 0.278. The molecule has 0 saturated heterocycles. The van der Waals surface area contributed by atoms with Gasteiger partial charge in [0.15, 0.2) is 6.61 Å². The predicted molar refractivity (Wildman–Crippen MR) is 100 cm³/mol. The van der Waals surface area contributed by atoms with Gasteiger partial charge in [0.05, 0.1) is 4.90 Å². The van der Waals surface area contributed by atoms with Gasteiger partial charge >= 0.3 is 5.97 Å². The lowest BCUT2D eigenvalue weighted by Crippen LogP contribution is -2.24. The van der Waals surface area contributed by atoms with Gasteiger partial charge in [-0.05, 0) is 54.8 Å². The quantitative estimate of drug-likeness (QED) is 0.711. The van der Waals surface area contributed by atoms with Crippen LogP contribution in [-0.4, -0.2) is 32.6 Å². The Hall–Kier alpha value is -2.09. The van der Waals surface area contributed by atoms with Gasteiger partial charge in [-0.1, -0.05) is 24.6 Å². The smallest absolute Gasteiger partial charge is 0.341 e. The minimum atomic E-state index is -3.64. The number of carbonyl (C=O) groups is 1. The minimum absolute atomic E-state index is 0.121. The van der Waals surface area contributed by atoms with E-state index in [4.69, 9.17) is 21.4 Å². The molecule has 0 amide bonds. The van der Waals surface area contributed by atoms with Gasteiger partial charge in [0.2, 0.25) is 10.0 Å². The van der Waals surface area contributed by atoms with Crippen LogP contribution in [0.2, 0.25) is 5.02 Å². The molecule has 0 fully saturated rings. The number of rotatable bonds is 8. The van der Waals surface area contributed by atoms with Crippen LogP contribution in [0.4, 0.5) is 0 Å². The van der Waals surface area contributed by atoms with E-state index in [0.29, 0.717) is 34.9 Å². The highest BCUT2D eigenvalue weighted by atomic mass is 35.5. The van der Waals surface area contributed by atoms with Crippen molar-refractivity contribution in [2.75, 3.05) is 13.2 Å². The summed E-state index contributed by atoms with van der Waals surface area (Å²) in [6.07, 6.45) is 0.680. The van der Waals surface area contributed by atoms with Crippen LogP contribution in [0, 0.1) is 6.92 Å². The summed E-state index contributed by atoms with van der Waals surface area (Å²) < 4.78 is 32.7. The molecule has 0 aliphatic heterocycles. The Morgan fingerprint density at radius 3 is 2.58 bits per heavy atom. The van der Waals surface area contributed by atoms with Crippen molar-refractivity contribution < 1.29 is 23.1 Å². The highest BCUT2D eigenvalue weighted by molar-refractivity contribution is 7.89. The summed E-state index contributed by atoms with van der Waals surface area (Å²) in [7, 11) is -3.64. The van der Waals surface area contributed by atoms with Crippen LogP contribution < -0.4 is 9.46 Å². The predicted octanol–water partition coefficient (Wildman–Crippen LogP) is 3.47. The van der Waals surface area contributed by atoms with Gasteiger partial charge in [-0.15, -0.1) is 0 Å². The van der Waals surface area contributed by atoms with E-state index < -0.39 is 22.6 Å². The Balaban J connectivity index is 2.53. The van der Waals surface area contributed by atoms with Crippen molar-refractivity contribution in [2.45, 2.75) is 25.2 Å². The number of nitrogens with one attached hydrogen (secondary N) is 1. The number of aryl methyl sites for hydroxylation is 1. The number of halogens is 1. The fourth-order valence-corrected chi connectivity index (χ4v) is 3.69. The van der Waals surface area contributed by atoms with E-state index in [1.165, 1.54) is 12.1 Å². The first kappa shape index (κ1) is 20.2. The molecule has 0 aromatic heterocycles. The summed E-state index contributed by atoms with van der Waals surface area (Å²) in [5, 5.41) is 9.27. The molecule has 0 aliphatic carbocycles. The molecule has 2 rings (SSSR count). The molecule has 0 atom stereocenters. The zero-order chi connectivity index (χ0) is 19.3. The topological polar surface area (TPSA) is 92.7 Å².